The number of nitrogens with zero attached hydrogens (tertiary/aromatic N) is 1. The molecule has 2 saturated heterocycles. The van der Waals surface area contributed by atoms with Gasteiger partial charge in [-0.3, -0.25) is 4.79 Å². The van der Waals surface area contributed by atoms with Gasteiger partial charge in [0.2, 0.25) is 5.91 Å². The molecule has 2 aliphatic rings. The third-order valence-electron chi connectivity index (χ3n) is 4.43. The van der Waals surface area contributed by atoms with Crippen LogP contribution in [0.3, 0.4) is 0 Å². The molecule has 1 aromatic carbocycles. The smallest absolute Gasteiger partial charge is 0.230 e. The Kier molecular flexibility index (Phi) is 3.46. The van der Waals surface area contributed by atoms with Crippen molar-refractivity contribution in [2.75, 3.05) is 19.6 Å². The molecule has 1 unspecified atom stereocenters. The van der Waals surface area contributed by atoms with Crippen LogP contribution in [0.4, 0.5) is 8.78 Å². The topological polar surface area (TPSA) is 32.3 Å². The molecule has 1 aromatic rings. The number of hydrogen-bond donors (Lipinski definition) is 1. The van der Waals surface area contributed by atoms with Gasteiger partial charge in [-0.1, -0.05) is 6.07 Å². The van der Waals surface area contributed by atoms with Gasteiger partial charge in [0, 0.05) is 19.6 Å². The van der Waals surface area contributed by atoms with Crippen molar-refractivity contribution in [1.82, 2.24) is 10.2 Å². The van der Waals surface area contributed by atoms with Gasteiger partial charge in [-0.25, -0.2) is 8.78 Å². The molecule has 0 radical (unpaired) electrons. The Labute approximate surface area is 117 Å². The van der Waals surface area contributed by atoms with Gasteiger partial charge < -0.3 is 10.2 Å². The average Bonchev–Trinajstić information content (AvgIpc) is 2.89. The minimum Gasteiger partial charge on any atom is -0.338 e. The van der Waals surface area contributed by atoms with Gasteiger partial charge in [0.15, 0.2) is 11.6 Å². The Morgan fingerprint density at radius 2 is 2.10 bits per heavy atom. The van der Waals surface area contributed by atoms with E-state index in [2.05, 4.69) is 5.32 Å². The summed E-state index contributed by atoms with van der Waals surface area (Å²) in [6, 6.07) is 3.84. The van der Waals surface area contributed by atoms with E-state index in [1.54, 1.807) is 11.0 Å². The third-order valence-corrected chi connectivity index (χ3v) is 4.43. The Bertz CT molecular complexity index is 527. The van der Waals surface area contributed by atoms with Crippen molar-refractivity contribution in [1.29, 1.82) is 0 Å². The molecule has 0 bridgehead atoms. The normalized spacial score (nSPS) is 26.5. The van der Waals surface area contributed by atoms with Crippen LogP contribution in [0.5, 0.6) is 0 Å². The van der Waals surface area contributed by atoms with Crippen molar-refractivity contribution in [3.05, 3.63) is 35.4 Å². The number of amides is 1. The van der Waals surface area contributed by atoms with Crippen molar-refractivity contribution in [3.63, 3.8) is 0 Å². The summed E-state index contributed by atoms with van der Waals surface area (Å²) in [4.78, 5) is 14.4. The van der Waals surface area contributed by atoms with Gasteiger partial charge in [-0.15, -0.1) is 0 Å². The first kappa shape index (κ1) is 13.5. The van der Waals surface area contributed by atoms with Crippen molar-refractivity contribution in [3.8, 4) is 0 Å². The molecular weight excluding hydrogens is 262 g/mol. The fraction of sp³-hybridized carbons (Fsp3) is 0.533. The highest BCUT2D eigenvalue weighted by Gasteiger charge is 2.45. The fourth-order valence-electron chi connectivity index (χ4n) is 3.30. The highest BCUT2D eigenvalue weighted by Crippen LogP contribution is 2.37. The molecule has 1 amide bonds. The third kappa shape index (κ3) is 2.30. The Hall–Kier alpha value is -1.49. The maximum atomic E-state index is 13.2. The second-order valence-electron chi connectivity index (χ2n) is 5.79. The van der Waals surface area contributed by atoms with E-state index in [9.17, 15) is 13.6 Å². The van der Waals surface area contributed by atoms with Crippen LogP contribution in [0, 0.1) is 17.0 Å². The van der Waals surface area contributed by atoms with Crippen molar-refractivity contribution >= 4 is 5.91 Å². The lowest BCUT2D eigenvalue weighted by atomic mass is 9.78. The van der Waals surface area contributed by atoms with Crippen LogP contribution in [-0.2, 0) is 11.3 Å². The summed E-state index contributed by atoms with van der Waals surface area (Å²) in [5.74, 6) is -1.56. The number of piperidine rings is 1. The maximum Gasteiger partial charge on any atom is 0.230 e. The number of carbonyl (C=O) groups is 1. The summed E-state index contributed by atoms with van der Waals surface area (Å²) in [7, 11) is 0. The van der Waals surface area contributed by atoms with Crippen LogP contribution in [0.2, 0.25) is 0 Å². The molecule has 5 heteroatoms. The van der Waals surface area contributed by atoms with Crippen LogP contribution in [0.1, 0.15) is 24.8 Å². The highest BCUT2D eigenvalue weighted by atomic mass is 19.2. The lowest BCUT2D eigenvalue weighted by Crippen LogP contribution is -2.49. The lowest BCUT2D eigenvalue weighted by molar-refractivity contribution is -0.145. The summed E-state index contributed by atoms with van der Waals surface area (Å²) in [6.07, 6.45) is 2.77. The van der Waals surface area contributed by atoms with Gasteiger partial charge in [-0.05, 0) is 43.5 Å². The highest BCUT2D eigenvalue weighted by molar-refractivity contribution is 5.84. The molecule has 20 heavy (non-hydrogen) atoms. The largest absolute Gasteiger partial charge is 0.338 e. The molecule has 108 valence electrons. The second kappa shape index (κ2) is 5.13. The number of carbonyl (C=O) groups excluding carboxylic acids is 1. The zero-order valence-electron chi connectivity index (χ0n) is 11.3. The van der Waals surface area contributed by atoms with E-state index < -0.39 is 11.6 Å². The second-order valence-corrected chi connectivity index (χ2v) is 5.79. The zero-order chi connectivity index (χ0) is 14.2. The van der Waals surface area contributed by atoms with Gasteiger partial charge in [0.05, 0.1) is 5.41 Å². The van der Waals surface area contributed by atoms with Crippen LogP contribution < -0.4 is 5.32 Å². The summed E-state index contributed by atoms with van der Waals surface area (Å²) in [6.45, 7) is 2.67. The van der Waals surface area contributed by atoms with Crippen LogP contribution in [0.25, 0.3) is 0 Å². The van der Waals surface area contributed by atoms with Gasteiger partial charge in [0.1, 0.15) is 0 Å². The van der Waals surface area contributed by atoms with Crippen LogP contribution in [0.15, 0.2) is 18.2 Å². The molecule has 3 rings (SSSR count). The summed E-state index contributed by atoms with van der Waals surface area (Å²) < 4.78 is 26.2. The number of rotatable bonds is 2. The first-order chi connectivity index (χ1) is 9.61. The van der Waals surface area contributed by atoms with Gasteiger partial charge in [0.25, 0.3) is 0 Å². The van der Waals surface area contributed by atoms with E-state index in [4.69, 9.17) is 0 Å². The molecule has 3 nitrogen and oxygen atoms in total. The van der Waals surface area contributed by atoms with Crippen molar-refractivity contribution in [2.45, 2.75) is 25.8 Å². The summed E-state index contributed by atoms with van der Waals surface area (Å²) in [5, 5.41) is 3.26. The van der Waals surface area contributed by atoms with E-state index in [0.717, 1.165) is 38.4 Å². The molecule has 0 aromatic heterocycles. The van der Waals surface area contributed by atoms with Gasteiger partial charge >= 0.3 is 0 Å². The SMILES string of the molecule is O=C1N(Cc2ccc(F)c(F)c2)CCCC12CCNC2. The number of likely N-dealkylation sites (tertiary alicyclic amines) is 1. The molecule has 1 spiro atoms. The van der Waals surface area contributed by atoms with E-state index in [-0.39, 0.29) is 11.3 Å². The Balaban J connectivity index is 1.76. The summed E-state index contributed by atoms with van der Waals surface area (Å²) in [5.41, 5.74) is 0.372. The first-order valence-electron chi connectivity index (χ1n) is 7.05. The standard InChI is InChI=1S/C15H18F2N2O/c16-12-3-2-11(8-13(12)17)9-19-7-1-4-15(14(19)20)5-6-18-10-15/h2-3,8,18H,1,4-7,9-10H2. The molecule has 2 heterocycles. The summed E-state index contributed by atoms with van der Waals surface area (Å²) >= 11 is 0. The van der Waals surface area contributed by atoms with Crippen molar-refractivity contribution in [2.24, 2.45) is 5.41 Å². The number of halogens is 2. The van der Waals surface area contributed by atoms with Crippen LogP contribution >= 0.6 is 0 Å². The molecule has 0 saturated carbocycles. The predicted octanol–water partition coefficient (Wildman–Crippen LogP) is 2.07. The quantitative estimate of drug-likeness (QED) is 0.899. The monoisotopic (exact) mass is 280 g/mol. The molecule has 0 aliphatic carbocycles. The number of benzene rings is 1. The molecule has 2 aliphatic heterocycles. The minimum atomic E-state index is -0.857. The fourth-order valence-corrected chi connectivity index (χ4v) is 3.30. The van der Waals surface area contributed by atoms with Crippen LogP contribution in [-0.4, -0.2) is 30.4 Å². The first-order valence-corrected chi connectivity index (χ1v) is 7.05. The molecule has 2 fully saturated rings. The zero-order valence-corrected chi connectivity index (χ0v) is 11.3. The van der Waals surface area contributed by atoms with Gasteiger partial charge in [-0.2, -0.15) is 0 Å². The minimum absolute atomic E-state index is 0.151. The average molecular weight is 280 g/mol. The van der Waals surface area contributed by atoms with E-state index in [1.165, 1.54) is 6.07 Å². The Morgan fingerprint density at radius 1 is 1.25 bits per heavy atom. The predicted molar refractivity (Wildman–Crippen MR) is 70.9 cm³/mol. The van der Waals surface area contributed by atoms with E-state index in [0.29, 0.717) is 18.7 Å². The number of nitrogens with one attached hydrogen (secondary N) is 1. The van der Waals surface area contributed by atoms with E-state index in [1.807, 2.05) is 0 Å². The van der Waals surface area contributed by atoms with E-state index >= 15 is 0 Å². The molecule has 1 atom stereocenters. The van der Waals surface area contributed by atoms with Crippen molar-refractivity contribution < 1.29 is 13.6 Å². The number of hydrogen-bond acceptors (Lipinski definition) is 2. The molecular formula is C15H18F2N2O. The maximum absolute atomic E-state index is 13.2. The molecule has 1 N–H and O–H groups in total. The lowest BCUT2D eigenvalue weighted by Gasteiger charge is -2.39. The Morgan fingerprint density at radius 3 is 2.80 bits per heavy atom.